The number of hydrogen-bond donors (Lipinski definition) is 1. The van der Waals surface area contributed by atoms with E-state index in [1.807, 2.05) is 18.2 Å². The second-order valence-electron chi connectivity index (χ2n) is 2.63. The van der Waals surface area contributed by atoms with Crippen LogP contribution in [0.3, 0.4) is 0 Å². The number of alkyl halides is 1. The summed E-state index contributed by atoms with van der Waals surface area (Å²) in [5.74, 6) is -0.789. The van der Waals surface area contributed by atoms with Crippen LogP contribution in [0.4, 0.5) is 0 Å². The normalized spacial score (nSPS) is 10.0. The van der Waals surface area contributed by atoms with E-state index in [0.29, 0.717) is 0 Å². The van der Waals surface area contributed by atoms with E-state index in [4.69, 9.17) is 5.11 Å². The minimum atomic E-state index is -0.789. The van der Waals surface area contributed by atoms with Crippen LogP contribution in [0.1, 0.15) is 11.1 Å². The second-order valence-corrected chi connectivity index (χ2v) is 4.35. The minimum Gasteiger partial charge on any atom is -0.481 e. The molecule has 0 radical (unpaired) electrons. The minimum absolute atomic E-state index is 0.0958. The van der Waals surface area contributed by atoms with Gasteiger partial charge in [0.25, 0.3) is 0 Å². The SMILES string of the molecule is O=C(O)Cc1ccc(CBr)c(I)c1. The molecule has 0 spiro atoms. The van der Waals surface area contributed by atoms with Crippen LogP contribution >= 0.6 is 38.5 Å². The smallest absolute Gasteiger partial charge is 0.307 e. The summed E-state index contributed by atoms with van der Waals surface area (Å²) in [4.78, 5) is 10.4. The Kier molecular flexibility index (Phi) is 4.18. The average Bonchev–Trinajstić information content (AvgIpc) is 2.03. The first-order valence-electron chi connectivity index (χ1n) is 3.68. The van der Waals surface area contributed by atoms with Gasteiger partial charge in [-0.1, -0.05) is 28.1 Å². The number of halogens is 2. The second kappa shape index (κ2) is 4.95. The summed E-state index contributed by atoms with van der Waals surface area (Å²) in [6, 6.07) is 5.72. The van der Waals surface area contributed by atoms with Crippen molar-refractivity contribution in [3.05, 3.63) is 32.9 Å². The lowest BCUT2D eigenvalue weighted by Crippen LogP contribution is -2.00. The van der Waals surface area contributed by atoms with Crippen LogP contribution in [-0.4, -0.2) is 11.1 Å². The Labute approximate surface area is 98.6 Å². The van der Waals surface area contributed by atoms with Gasteiger partial charge >= 0.3 is 5.97 Å². The van der Waals surface area contributed by atoms with Crippen molar-refractivity contribution < 1.29 is 9.90 Å². The molecule has 70 valence electrons. The number of carbonyl (C=O) groups is 1. The Bertz CT molecular complexity index is 325. The first-order valence-corrected chi connectivity index (χ1v) is 5.88. The van der Waals surface area contributed by atoms with E-state index in [0.717, 1.165) is 14.5 Å². The van der Waals surface area contributed by atoms with Crippen molar-refractivity contribution in [3.63, 3.8) is 0 Å². The zero-order valence-electron chi connectivity index (χ0n) is 6.76. The van der Waals surface area contributed by atoms with E-state index in [1.54, 1.807) is 0 Å². The third kappa shape index (κ3) is 3.27. The summed E-state index contributed by atoms with van der Waals surface area (Å²) in [7, 11) is 0. The molecule has 1 aromatic rings. The van der Waals surface area contributed by atoms with Crippen molar-refractivity contribution >= 4 is 44.5 Å². The maximum atomic E-state index is 10.4. The molecule has 0 aliphatic rings. The molecule has 2 nitrogen and oxygen atoms in total. The van der Waals surface area contributed by atoms with E-state index in [1.165, 1.54) is 5.56 Å². The van der Waals surface area contributed by atoms with Gasteiger partial charge < -0.3 is 5.11 Å². The molecule has 1 aromatic carbocycles. The highest BCUT2D eigenvalue weighted by molar-refractivity contribution is 14.1. The van der Waals surface area contributed by atoms with E-state index in [2.05, 4.69) is 38.5 Å². The van der Waals surface area contributed by atoms with Crippen molar-refractivity contribution in [1.82, 2.24) is 0 Å². The van der Waals surface area contributed by atoms with E-state index in [-0.39, 0.29) is 6.42 Å². The highest BCUT2D eigenvalue weighted by Gasteiger charge is 2.03. The third-order valence-electron chi connectivity index (χ3n) is 1.62. The molecule has 1 rings (SSSR count). The number of aliphatic carboxylic acids is 1. The number of carboxylic acid groups (broad SMARTS) is 1. The lowest BCUT2D eigenvalue weighted by molar-refractivity contribution is -0.136. The molecule has 1 N–H and O–H groups in total. The van der Waals surface area contributed by atoms with Crippen LogP contribution in [0.2, 0.25) is 0 Å². The zero-order valence-corrected chi connectivity index (χ0v) is 10.5. The van der Waals surface area contributed by atoms with Gasteiger partial charge in [0.2, 0.25) is 0 Å². The van der Waals surface area contributed by atoms with Crippen LogP contribution in [0, 0.1) is 3.57 Å². The Morgan fingerprint density at radius 3 is 2.69 bits per heavy atom. The molecule has 0 amide bonds. The highest BCUT2D eigenvalue weighted by Crippen LogP contribution is 2.17. The number of benzene rings is 1. The summed E-state index contributed by atoms with van der Waals surface area (Å²) >= 11 is 5.57. The standard InChI is InChI=1S/C9H8BrIO2/c10-5-7-2-1-6(3-8(7)11)4-9(12)13/h1-3H,4-5H2,(H,12,13). The molecule has 0 bridgehead atoms. The molecule has 0 atom stereocenters. The van der Waals surface area contributed by atoms with Crippen LogP contribution in [0.5, 0.6) is 0 Å². The summed E-state index contributed by atoms with van der Waals surface area (Å²) < 4.78 is 1.10. The van der Waals surface area contributed by atoms with E-state index < -0.39 is 5.97 Å². The van der Waals surface area contributed by atoms with Crippen molar-refractivity contribution in [2.24, 2.45) is 0 Å². The molecular weight excluding hydrogens is 347 g/mol. The molecule has 0 unspecified atom stereocenters. The predicted molar refractivity (Wildman–Crippen MR) is 63.1 cm³/mol. The number of hydrogen-bond acceptors (Lipinski definition) is 1. The summed E-state index contributed by atoms with van der Waals surface area (Å²) in [6.45, 7) is 0. The van der Waals surface area contributed by atoms with E-state index >= 15 is 0 Å². The Morgan fingerprint density at radius 1 is 1.54 bits per heavy atom. The molecule has 0 saturated heterocycles. The molecule has 0 saturated carbocycles. The fraction of sp³-hybridized carbons (Fsp3) is 0.222. The lowest BCUT2D eigenvalue weighted by Gasteiger charge is -2.02. The van der Waals surface area contributed by atoms with Crippen LogP contribution in [0.15, 0.2) is 18.2 Å². The van der Waals surface area contributed by atoms with Gasteiger partial charge in [0.05, 0.1) is 6.42 Å². The molecule has 0 aliphatic heterocycles. The van der Waals surface area contributed by atoms with Crippen molar-refractivity contribution in [2.75, 3.05) is 0 Å². The average molecular weight is 355 g/mol. The van der Waals surface area contributed by atoms with Crippen LogP contribution < -0.4 is 0 Å². The lowest BCUT2D eigenvalue weighted by atomic mass is 10.1. The van der Waals surface area contributed by atoms with Gasteiger partial charge in [0, 0.05) is 8.90 Å². The molecular formula is C9H8BrIO2. The molecule has 0 fully saturated rings. The van der Waals surface area contributed by atoms with Gasteiger partial charge in [-0.25, -0.2) is 0 Å². The molecule has 0 aliphatic carbocycles. The van der Waals surface area contributed by atoms with Crippen LogP contribution in [-0.2, 0) is 16.5 Å². The fourth-order valence-corrected chi connectivity index (χ4v) is 2.77. The van der Waals surface area contributed by atoms with Gasteiger partial charge in [0.15, 0.2) is 0 Å². The Morgan fingerprint density at radius 2 is 2.23 bits per heavy atom. The van der Waals surface area contributed by atoms with Gasteiger partial charge in [-0.05, 0) is 39.8 Å². The summed E-state index contributed by atoms with van der Waals surface area (Å²) in [5, 5.41) is 9.38. The molecule has 0 heterocycles. The Hall–Kier alpha value is -0.100. The first kappa shape index (κ1) is 11.0. The third-order valence-corrected chi connectivity index (χ3v) is 3.23. The largest absolute Gasteiger partial charge is 0.481 e. The monoisotopic (exact) mass is 354 g/mol. The highest BCUT2D eigenvalue weighted by atomic mass is 127. The zero-order chi connectivity index (χ0) is 9.84. The van der Waals surface area contributed by atoms with Crippen LogP contribution in [0.25, 0.3) is 0 Å². The summed E-state index contributed by atoms with van der Waals surface area (Å²) in [5.41, 5.74) is 2.04. The fourth-order valence-electron chi connectivity index (χ4n) is 0.984. The van der Waals surface area contributed by atoms with Gasteiger partial charge in [-0.3, -0.25) is 4.79 Å². The molecule has 0 aromatic heterocycles. The first-order chi connectivity index (χ1) is 6.13. The summed E-state index contributed by atoms with van der Waals surface area (Å²) in [6.07, 6.45) is 0.0958. The van der Waals surface area contributed by atoms with Crippen molar-refractivity contribution in [3.8, 4) is 0 Å². The Balaban J connectivity index is 2.89. The van der Waals surface area contributed by atoms with Gasteiger partial charge in [0.1, 0.15) is 0 Å². The molecule has 13 heavy (non-hydrogen) atoms. The van der Waals surface area contributed by atoms with Gasteiger partial charge in [-0.15, -0.1) is 0 Å². The number of rotatable bonds is 3. The topological polar surface area (TPSA) is 37.3 Å². The van der Waals surface area contributed by atoms with Crippen molar-refractivity contribution in [1.29, 1.82) is 0 Å². The maximum Gasteiger partial charge on any atom is 0.307 e. The molecule has 4 heteroatoms. The van der Waals surface area contributed by atoms with Gasteiger partial charge in [-0.2, -0.15) is 0 Å². The predicted octanol–water partition coefficient (Wildman–Crippen LogP) is 2.81. The van der Waals surface area contributed by atoms with Crippen molar-refractivity contribution in [2.45, 2.75) is 11.8 Å². The number of carboxylic acids is 1. The quantitative estimate of drug-likeness (QED) is 0.669. The van der Waals surface area contributed by atoms with E-state index in [9.17, 15) is 4.79 Å². The maximum absolute atomic E-state index is 10.4.